The Morgan fingerprint density at radius 2 is 2.24 bits per heavy atom. The zero-order valence-electron chi connectivity index (χ0n) is 9.37. The highest BCUT2D eigenvalue weighted by Gasteiger charge is 2.04. The number of hydrogen-bond acceptors (Lipinski definition) is 4. The van der Waals surface area contributed by atoms with Crippen molar-refractivity contribution in [3.05, 3.63) is 40.3 Å². The lowest BCUT2D eigenvalue weighted by atomic mass is 10.3. The number of hydrogen-bond donors (Lipinski definition) is 2. The zero-order chi connectivity index (χ0) is 12.3. The van der Waals surface area contributed by atoms with Gasteiger partial charge in [-0.15, -0.1) is 11.3 Å². The highest BCUT2D eigenvalue weighted by molar-refractivity contribution is 7.10. The predicted octanol–water partition coefficient (Wildman–Crippen LogP) is 3.09. The van der Waals surface area contributed by atoms with E-state index in [1.807, 2.05) is 11.4 Å². The number of methoxy groups -OCH3 is 1. The van der Waals surface area contributed by atoms with Crippen molar-refractivity contribution in [3.63, 3.8) is 0 Å². The normalized spacial score (nSPS) is 10.2. The number of anilines is 2. The van der Waals surface area contributed by atoms with Crippen molar-refractivity contribution in [3.8, 4) is 5.75 Å². The first-order chi connectivity index (χ1) is 8.20. The zero-order valence-corrected chi connectivity index (χ0v) is 10.2. The van der Waals surface area contributed by atoms with Crippen molar-refractivity contribution in [1.29, 1.82) is 0 Å². The fourth-order valence-electron chi connectivity index (χ4n) is 1.45. The van der Waals surface area contributed by atoms with Crippen LogP contribution < -0.4 is 15.8 Å². The van der Waals surface area contributed by atoms with E-state index >= 15 is 0 Å². The van der Waals surface area contributed by atoms with Gasteiger partial charge in [-0.05, 0) is 23.6 Å². The average Bonchev–Trinajstić information content (AvgIpc) is 2.72. The van der Waals surface area contributed by atoms with Crippen LogP contribution in [0.15, 0.2) is 29.6 Å². The maximum absolute atomic E-state index is 13.4. The van der Waals surface area contributed by atoms with Gasteiger partial charge in [-0.1, -0.05) is 0 Å². The van der Waals surface area contributed by atoms with E-state index in [0.717, 1.165) is 10.6 Å². The minimum Gasteiger partial charge on any atom is -0.494 e. The predicted molar refractivity (Wildman–Crippen MR) is 69.0 cm³/mol. The number of thiophene rings is 1. The second-order valence-electron chi connectivity index (χ2n) is 3.50. The lowest BCUT2D eigenvalue weighted by Crippen LogP contribution is -2.00. The van der Waals surface area contributed by atoms with E-state index in [9.17, 15) is 4.39 Å². The van der Waals surface area contributed by atoms with Crippen molar-refractivity contribution < 1.29 is 9.13 Å². The molecule has 90 valence electrons. The van der Waals surface area contributed by atoms with Crippen LogP contribution in [0.25, 0.3) is 0 Å². The number of nitrogens with one attached hydrogen (secondary N) is 1. The number of nitrogens with two attached hydrogens (primary N) is 1. The van der Waals surface area contributed by atoms with Gasteiger partial charge in [0.15, 0.2) is 11.6 Å². The molecule has 0 aliphatic heterocycles. The topological polar surface area (TPSA) is 47.3 Å². The van der Waals surface area contributed by atoms with Crippen molar-refractivity contribution in [2.24, 2.45) is 0 Å². The number of halogens is 1. The lowest BCUT2D eigenvalue weighted by molar-refractivity contribution is 0.386. The Hall–Kier alpha value is -1.75. The van der Waals surface area contributed by atoms with Crippen molar-refractivity contribution in [2.45, 2.75) is 6.54 Å². The van der Waals surface area contributed by atoms with Gasteiger partial charge in [0.25, 0.3) is 0 Å². The minimum atomic E-state index is -0.378. The molecule has 0 amide bonds. The molecule has 2 aromatic rings. The number of rotatable bonds is 4. The van der Waals surface area contributed by atoms with E-state index in [-0.39, 0.29) is 11.6 Å². The van der Waals surface area contributed by atoms with Gasteiger partial charge < -0.3 is 15.8 Å². The molecule has 0 saturated heterocycles. The van der Waals surface area contributed by atoms with Crippen molar-refractivity contribution >= 4 is 22.7 Å². The molecule has 0 radical (unpaired) electrons. The molecule has 0 saturated carbocycles. The molecule has 17 heavy (non-hydrogen) atoms. The van der Waals surface area contributed by atoms with Crippen LogP contribution in [0, 0.1) is 5.82 Å². The van der Waals surface area contributed by atoms with Crippen molar-refractivity contribution in [1.82, 2.24) is 0 Å². The van der Waals surface area contributed by atoms with Gasteiger partial charge in [0.2, 0.25) is 0 Å². The van der Waals surface area contributed by atoms with E-state index in [2.05, 4.69) is 5.32 Å². The molecular weight excluding hydrogens is 239 g/mol. The smallest absolute Gasteiger partial charge is 0.167 e. The first kappa shape index (κ1) is 11.7. The van der Waals surface area contributed by atoms with Crippen LogP contribution >= 0.6 is 11.3 Å². The SMILES string of the molecule is COc1ccc(NCc2sccc2N)cc1F. The van der Waals surface area contributed by atoms with Crippen LogP contribution in [-0.2, 0) is 6.54 Å². The van der Waals surface area contributed by atoms with Gasteiger partial charge in [-0.25, -0.2) is 4.39 Å². The maximum atomic E-state index is 13.4. The molecule has 0 unspecified atom stereocenters. The summed E-state index contributed by atoms with van der Waals surface area (Å²) < 4.78 is 18.3. The fourth-order valence-corrected chi connectivity index (χ4v) is 2.19. The highest BCUT2D eigenvalue weighted by Crippen LogP contribution is 2.23. The summed E-state index contributed by atoms with van der Waals surface area (Å²) in [5.41, 5.74) is 7.22. The summed E-state index contributed by atoms with van der Waals surface area (Å²) in [6.45, 7) is 0.593. The van der Waals surface area contributed by atoms with Crippen LogP contribution in [-0.4, -0.2) is 7.11 Å². The largest absolute Gasteiger partial charge is 0.494 e. The van der Waals surface area contributed by atoms with E-state index in [1.165, 1.54) is 13.2 Å². The Morgan fingerprint density at radius 3 is 2.82 bits per heavy atom. The number of nitrogen functional groups attached to an aromatic ring is 1. The summed E-state index contributed by atoms with van der Waals surface area (Å²) in [7, 11) is 1.44. The Balaban J connectivity index is 2.05. The molecular formula is C12H13FN2OS. The summed E-state index contributed by atoms with van der Waals surface area (Å²) in [6.07, 6.45) is 0. The number of benzene rings is 1. The van der Waals surface area contributed by atoms with Gasteiger partial charge in [0, 0.05) is 22.3 Å². The van der Waals surface area contributed by atoms with Gasteiger partial charge in [0.05, 0.1) is 13.7 Å². The summed E-state index contributed by atoms with van der Waals surface area (Å²) in [6, 6.07) is 6.63. The molecule has 1 aromatic heterocycles. The lowest BCUT2D eigenvalue weighted by Gasteiger charge is -2.07. The summed E-state index contributed by atoms with van der Waals surface area (Å²) >= 11 is 1.57. The molecule has 0 spiro atoms. The van der Waals surface area contributed by atoms with Gasteiger partial charge in [-0.3, -0.25) is 0 Å². The van der Waals surface area contributed by atoms with E-state index in [4.69, 9.17) is 10.5 Å². The average molecular weight is 252 g/mol. The Labute approximate surface area is 103 Å². The first-order valence-electron chi connectivity index (χ1n) is 5.10. The summed E-state index contributed by atoms with van der Waals surface area (Å²) in [4.78, 5) is 1.04. The van der Waals surface area contributed by atoms with Gasteiger partial charge >= 0.3 is 0 Å². The molecule has 2 rings (SSSR count). The van der Waals surface area contributed by atoms with Gasteiger partial charge in [0.1, 0.15) is 0 Å². The highest BCUT2D eigenvalue weighted by atomic mass is 32.1. The van der Waals surface area contributed by atoms with E-state index in [0.29, 0.717) is 12.2 Å². The summed E-state index contributed by atoms with van der Waals surface area (Å²) in [5.74, 6) is -0.136. The Morgan fingerprint density at radius 1 is 1.41 bits per heavy atom. The third-order valence-electron chi connectivity index (χ3n) is 2.38. The first-order valence-corrected chi connectivity index (χ1v) is 5.98. The molecule has 1 aromatic carbocycles. The molecule has 0 aliphatic rings. The second kappa shape index (κ2) is 5.05. The third-order valence-corrected chi connectivity index (χ3v) is 3.32. The Kier molecular flexibility index (Phi) is 3.49. The molecule has 0 atom stereocenters. The van der Waals surface area contributed by atoms with Crippen LogP contribution in [0.1, 0.15) is 4.88 Å². The van der Waals surface area contributed by atoms with Crippen LogP contribution in [0.5, 0.6) is 5.75 Å². The standard InChI is InChI=1S/C12H13FN2OS/c1-16-11-3-2-8(6-9(11)13)15-7-12-10(14)4-5-17-12/h2-6,15H,7,14H2,1H3. The molecule has 0 fully saturated rings. The molecule has 3 N–H and O–H groups in total. The molecule has 5 heteroatoms. The van der Waals surface area contributed by atoms with Crippen LogP contribution in [0.4, 0.5) is 15.8 Å². The maximum Gasteiger partial charge on any atom is 0.167 e. The molecule has 3 nitrogen and oxygen atoms in total. The molecule has 1 heterocycles. The fraction of sp³-hybridized carbons (Fsp3) is 0.167. The quantitative estimate of drug-likeness (QED) is 0.879. The third kappa shape index (κ3) is 2.68. The van der Waals surface area contributed by atoms with E-state index in [1.54, 1.807) is 23.5 Å². The Bertz CT molecular complexity index is 513. The van der Waals surface area contributed by atoms with E-state index < -0.39 is 0 Å². The number of ether oxygens (including phenoxy) is 1. The van der Waals surface area contributed by atoms with Crippen molar-refractivity contribution in [2.75, 3.05) is 18.2 Å². The minimum absolute atomic E-state index is 0.242. The van der Waals surface area contributed by atoms with Crippen LogP contribution in [0.3, 0.4) is 0 Å². The molecule has 0 aliphatic carbocycles. The van der Waals surface area contributed by atoms with Crippen LogP contribution in [0.2, 0.25) is 0 Å². The van der Waals surface area contributed by atoms with Gasteiger partial charge in [-0.2, -0.15) is 0 Å². The summed E-state index contributed by atoms with van der Waals surface area (Å²) in [5, 5.41) is 5.05. The molecule has 0 bridgehead atoms. The monoisotopic (exact) mass is 252 g/mol. The second-order valence-corrected chi connectivity index (χ2v) is 4.50.